The molecular weight excluding hydrogens is 416 g/mol. The lowest BCUT2D eigenvalue weighted by molar-refractivity contribution is -0.140. The topological polar surface area (TPSA) is 104 Å². The summed E-state index contributed by atoms with van der Waals surface area (Å²) in [7, 11) is 3.04. The largest absolute Gasteiger partial charge is 0.496 e. The minimum absolute atomic E-state index is 0.219. The predicted octanol–water partition coefficient (Wildman–Crippen LogP) is 5.52. The van der Waals surface area contributed by atoms with Crippen LogP contribution in [0.3, 0.4) is 0 Å². The van der Waals surface area contributed by atoms with Crippen molar-refractivity contribution in [3.8, 4) is 11.8 Å². The van der Waals surface area contributed by atoms with Gasteiger partial charge in [0.05, 0.1) is 42.3 Å². The molecule has 33 heavy (non-hydrogen) atoms. The first kappa shape index (κ1) is 23.9. The number of aryl methyl sites for hydroxylation is 1. The summed E-state index contributed by atoms with van der Waals surface area (Å²) in [5.74, 6) is 1.15. The SMILES string of the molecule is CC.COC(=O)CCC(C)(c1nc2ccc(C#N)cc2[nH]1)c1c(OC)cc(C)c2[nH]ccc12. The maximum atomic E-state index is 12.1. The monoisotopic (exact) mass is 446 g/mol. The van der Waals surface area contributed by atoms with Crippen LogP contribution in [0.25, 0.3) is 21.9 Å². The highest BCUT2D eigenvalue weighted by Gasteiger charge is 2.37. The Bertz CT molecular complexity index is 1330. The van der Waals surface area contributed by atoms with E-state index >= 15 is 0 Å². The highest BCUT2D eigenvalue weighted by Crippen LogP contribution is 2.45. The number of hydrogen-bond donors (Lipinski definition) is 2. The Morgan fingerprint density at radius 3 is 2.64 bits per heavy atom. The van der Waals surface area contributed by atoms with Crippen molar-refractivity contribution in [1.82, 2.24) is 15.0 Å². The van der Waals surface area contributed by atoms with Gasteiger partial charge in [0.1, 0.15) is 11.6 Å². The predicted molar refractivity (Wildman–Crippen MR) is 129 cm³/mol. The number of nitrogens with zero attached hydrogens (tertiary/aromatic N) is 2. The van der Waals surface area contributed by atoms with E-state index in [2.05, 4.69) is 23.0 Å². The fourth-order valence-corrected chi connectivity index (χ4v) is 4.26. The highest BCUT2D eigenvalue weighted by atomic mass is 16.5. The minimum Gasteiger partial charge on any atom is -0.496 e. The van der Waals surface area contributed by atoms with Crippen molar-refractivity contribution in [2.75, 3.05) is 14.2 Å². The number of ether oxygens (including phenoxy) is 2. The molecule has 4 aromatic rings. The molecule has 2 N–H and O–H groups in total. The molecule has 0 aliphatic heterocycles. The molecule has 4 rings (SSSR count). The number of rotatable bonds is 6. The van der Waals surface area contributed by atoms with E-state index < -0.39 is 5.41 Å². The Morgan fingerprint density at radius 2 is 1.97 bits per heavy atom. The second kappa shape index (κ2) is 9.78. The number of esters is 1. The molecule has 0 saturated carbocycles. The van der Waals surface area contributed by atoms with Crippen molar-refractivity contribution in [2.24, 2.45) is 0 Å². The quantitative estimate of drug-likeness (QED) is 0.380. The van der Waals surface area contributed by atoms with E-state index in [1.807, 2.05) is 45.2 Å². The normalized spacial score (nSPS) is 12.5. The molecule has 7 nitrogen and oxygen atoms in total. The number of carbonyl (C=O) groups excluding carboxylic acids is 1. The number of hydrogen-bond acceptors (Lipinski definition) is 5. The van der Waals surface area contributed by atoms with E-state index in [1.54, 1.807) is 19.2 Å². The van der Waals surface area contributed by atoms with Gasteiger partial charge < -0.3 is 19.4 Å². The Morgan fingerprint density at radius 1 is 1.21 bits per heavy atom. The molecule has 2 aromatic carbocycles. The van der Waals surface area contributed by atoms with Gasteiger partial charge in [0.15, 0.2) is 0 Å². The third-order valence-corrected chi connectivity index (χ3v) is 5.97. The van der Waals surface area contributed by atoms with Crippen LogP contribution in [0.1, 0.15) is 56.1 Å². The van der Waals surface area contributed by atoms with E-state index in [1.165, 1.54) is 7.11 Å². The molecule has 0 fully saturated rings. The number of aromatic nitrogens is 3. The maximum absolute atomic E-state index is 12.1. The molecule has 0 spiro atoms. The second-order valence-corrected chi connectivity index (χ2v) is 7.87. The van der Waals surface area contributed by atoms with Crippen LogP contribution in [-0.4, -0.2) is 35.1 Å². The van der Waals surface area contributed by atoms with Gasteiger partial charge in [-0.05, 0) is 56.2 Å². The zero-order chi connectivity index (χ0) is 24.2. The van der Waals surface area contributed by atoms with Crippen LogP contribution in [-0.2, 0) is 14.9 Å². The fourth-order valence-electron chi connectivity index (χ4n) is 4.26. The van der Waals surface area contributed by atoms with Crippen LogP contribution < -0.4 is 4.74 Å². The number of aromatic amines is 2. The number of fused-ring (bicyclic) bond motifs is 2. The first-order valence-corrected chi connectivity index (χ1v) is 11.0. The van der Waals surface area contributed by atoms with Crippen LogP contribution in [0.2, 0.25) is 0 Å². The van der Waals surface area contributed by atoms with Gasteiger partial charge in [-0.2, -0.15) is 5.26 Å². The first-order chi connectivity index (χ1) is 15.9. The Kier molecular flexibility index (Phi) is 7.07. The number of nitriles is 1. The summed E-state index contributed by atoms with van der Waals surface area (Å²) < 4.78 is 10.7. The number of imidazole rings is 1. The van der Waals surface area contributed by atoms with Gasteiger partial charge in [0.2, 0.25) is 0 Å². The minimum atomic E-state index is -0.681. The Hall–Kier alpha value is -3.79. The van der Waals surface area contributed by atoms with Gasteiger partial charge in [-0.3, -0.25) is 4.79 Å². The van der Waals surface area contributed by atoms with Crippen molar-refractivity contribution in [3.63, 3.8) is 0 Å². The number of methoxy groups -OCH3 is 2. The fraction of sp³-hybridized carbons (Fsp3) is 0.346. The molecule has 7 heteroatoms. The molecule has 0 saturated heterocycles. The zero-order valence-electron chi connectivity index (χ0n) is 20.0. The molecule has 0 bridgehead atoms. The summed E-state index contributed by atoms with van der Waals surface area (Å²) in [6.45, 7) is 8.08. The van der Waals surface area contributed by atoms with Crippen molar-refractivity contribution in [2.45, 2.75) is 46.0 Å². The summed E-state index contributed by atoms with van der Waals surface area (Å²) >= 11 is 0. The van der Waals surface area contributed by atoms with Crippen molar-refractivity contribution < 1.29 is 14.3 Å². The highest BCUT2D eigenvalue weighted by molar-refractivity contribution is 5.90. The van der Waals surface area contributed by atoms with Crippen LogP contribution in [0.4, 0.5) is 0 Å². The van der Waals surface area contributed by atoms with Crippen LogP contribution in [0.15, 0.2) is 36.5 Å². The number of benzene rings is 2. The number of H-pyrrole nitrogens is 2. The number of nitrogens with one attached hydrogen (secondary N) is 2. The molecule has 1 atom stereocenters. The van der Waals surface area contributed by atoms with Gasteiger partial charge in [-0.15, -0.1) is 0 Å². The van der Waals surface area contributed by atoms with E-state index in [9.17, 15) is 10.1 Å². The van der Waals surface area contributed by atoms with Crippen LogP contribution >= 0.6 is 0 Å². The molecule has 1 unspecified atom stereocenters. The van der Waals surface area contributed by atoms with E-state index in [-0.39, 0.29) is 12.4 Å². The summed E-state index contributed by atoms with van der Waals surface area (Å²) in [6, 6.07) is 11.5. The molecule has 2 heterocycles. The lowest BCUT2D eigenvalue weighted by Gasteiger charge is -2.30. The summed E-state index contributed by atoms with van der Waals surface area (Å²) in [5.41, 5.74) is 4.44. The third kappa shape index (κ3) is 4.29. The van der Waals surface area contributed by atoms with Gasteiger partial charge >= 0.3 is 5.97 Å². The van der Waals surface area contributed by atoms with Gasteiger partial charge in [0, 0.05) is 29.1 Å². The zero-order valence-corrected chi connectivity index (χ0v) is 20.0. The number of carbonyl (C=O) groups is 1. The molecule has 0 amide bonds. The Labute approximate surface area is 193 Å². The average Bonchev–Trinajstić information content (AvgIpc) is 3.50. The standard InChI is InChI=1S/C24H24N4O3.C2H6/c1-14-11-19(30-3)21(16-8-10-26-22(14)16)24(2,9-7-20(29)31-4)23-27-17-6-5-15(13-25)12-18(17)28-23;1-2/h5-6,8,10-12,26H,7,9H2,1-4H3,(H,27,28);1-2H3. The summed E-state index contributed by atoms with van der Waals surface area (Å²) in [6.07, 6.45) is 2.58. The lowest BCUT2D eigenvalue weighted by atomic mass is 9.75. The van der Waals surface area contributed by atoms with Crippen molar-refractivity contribution in [3.05, 3.63) is 59.0 Å². The van der Waals surface area contributed by atoms with Crippen LogP contribution in [0, 0.1) is 18.3 Å². The molecule has 0 aliphatic rings. The summed E-state index contributed by atoms with van der Waals surface area (Å²) in [5, 5.41) is 10.3. The van der Waals surface area contributed by atoms with Gasteiger partial charge in [0.25, 0.3) is 0 Å². The molecular formula is C26H30N4O3. The lowest BCUT2D eigenvalue weighted by Crippen LogP contribution is -2.28. The smallest absolute Gasteiger partial charge is 0.305 e. The van der Waals surface area contributed by atoms with Gasteiger partial charge in [-0.1, -0.05) is 13.8 Å². The molecule has 2 aromatic heterocycles. The van der Waals surface area contributed by atoms with Crippen molar-refractivity contribution >= 4 is 27.9 Å². The van der Waals surface area contributed by atoms with Gasteiger partial charge in [-0.25, -0.2) is 4.98 Å². The Balaban J connectivity index is 0.00000149. The molecule has 0 radical (unpaired) electrons. The first-order valence-electron chi connectivity index (χ1n) is 11.0. The van der Waals surface area contributed by atoms with Crippen molar-refractivity contribution in [1.29, 1.82) is 5.26 Å². The summed E-state index contributed by atoms with van der Waals surface area (Å²) in [4.78, 5) is 23.6. The maximum Gasteiger partial charge on any atom is 0.305 e. The average molecular weight is 447 g/mol. The second-order valence-electron chi connectivity index (χ2n) is 7.87. The van der Waals surface area contributed by atoms with E-state index in [4.69, 9.17) is 14.5 Å². The molecule has 172 valence electrons. The third-order valence-electron chi connectivity index (χ3n) is 5.97. The molecule has 0 aliphatic carbocycles. The van der Waals surface area contributed by atoms with Crippen LogP contribution in [0.5, 0.6) is 5.75 Å². The van der Waals surface area contributed by atoms with E-state index in [0.717, 1.165) is 38.8 Å². The van der Waals surface area contributed by atoms with E-state index in [0.29, 0.717) is 17.8 Å².